The highest BCUT2D eigenvalue weighted by Crippen LogP contribution is 2.34. The molecular formula is C13H14F3NO. The Morgan fingerprint density at radius 2 is 1.61 bits per heavy atom. The van der Waals surface area contributed by atoms with Crippen molar-refractivity contribution in [2.24, 2.45) is 5.16 Å². The second kappa shape index (κ2) is 5.00. The first-order valence-corrected chi connectivity index (χ1v) is 5.87. The lowest BCUT2D eigenvalue weighted by Crippen LogP contribution is -2.13. The maximum atomic E-state index is 12.4. The fraction of sp³-hybridized carbons (Fsp3) is 0.462. The first kappa shape index (κ1) is 12.9. The summed E-state index contributed by atoms with van der Waals surface area (Å²) in [6.45, 7) is 0. The van der Waals surface area contributed by atoms with Crippen LogP contribution in [0, 0.1) is 0 Å². The molecule has 18 heavy (non-hydrogen) atoms. The van der Waals surface area contributed by atoms with Crippen LogP contribution in [0.25, 0.3) is 0 Å². The van der Waals surface area contributed by atoms with E-state index < -0.39 is 11.7 Å². The van der Waals surface area contributed by atoms with E-state index in [2.05, 4.69) is 5.16 Å². The van der Waals surface area contributed by atoms with Crippen LogP contribution in [-0.2, 0) is 6.18 Å². The molecule has 1 fully saturated rings. The quantitative estimate of drug-likeness (QED) is 0.593. The number of hydrogen-bond acceptors (Lipinski definition) is 2. The lowest BCUT2D eigenvalue weighted by atomic mass is 9.83. The zero-order valence-corrected chi connectivity index (χ0v) is 9.74. The smallest absolute Gasteiger partial charge is 0.411 e. The second-order valence-electron chi connectivity index (χ2n) is 4.56. The first-order valence-electron chi connectivity index (χ1n) is 5.87. The monoisotopic (exact) mass is 257 g/mol. The largest absolute Gasteiger partial charge is 0.416 e. The maximum absolute atomic E-state index is 12.4. The van der Waals surface area contributed by atoms with Gasteiger partial charge in [-0.05, 0) is 49.3 Å². The van der Waals surface area contributed by atoms with E-state index in [1.807, 2.05) is 0 Å². The molecule has 0 unspecified atom stereocenters. The molecule has 0 heterocycles. The summed E-state index contributed by atoms with van der Waals surface area (Å²) in [4.78, 5) is 0. The molecule has 1 N–H and O–H groups in total. The standard InChI is InChI=1S/C13H14F3NO/c14-13(15,16)11-5-1-9(2-6-11)10-3-7-12(17-18)8-4-10/h1-2,5-6,10,18H,3-4,7-8H2. The van der Waals surface area contributed by atoms with Gasteiger partial charge in [-0.1, -0.05) is 17.3 Å². The van der Waals surface area contributed by atoms with Gasteiger partial charge >= 0.3 is 6.18 Å². The van der Waals surface area contributed by atoms with Crippen molar-refractivity contribution in [1.82, 2.24) is 0 Å². The van der Waals surface area contributed by atoms with E-state index in [9.17, 15) is 13.2 Å². The lowest BCUT2D eigenvalue weighted by Gasteiger charge is -2.23. The number of benzene rings is 1. The number of alkyl halides is 3. The molecule has 98 valence electrons. The Hall–Kier alpha value is -1.52. The number of halogens is 3. The number of nitrogens with zero attached hydrogens (tertiary/aromatic N) is 1. The van der Waals surface area contributed by atoms with E-state index in [0.29, 0.717) is 12.8 Å². The molecule has 0 bridgehead atoms. The molecule has 2 rings (SSSR count). The summed E-state index contributed by atoms with van der Waals surface area (Å²) in [5.74, 6) is 0.262. The van der Waals surface area contributed by atoms with Crippen LogP contribution in [0.2, 0.25) is 0 Å². The van der Waals surface area contributed by atoms with Gasteiger partial charge in [0.05, 0.1) is 11.3 Å². The average Bonchev–Trinajstić information content (AvgIpc) is 2.38. The minimum atomic E-state index is -4.28. The maximum Gasteiger partial charge on any atom is 0.416 e. The number of hydrogen-bond donors (Lipinski definition) is 1. The molecule has 0 amide bonds. The van der Waals surface area contributed by atoms with Crippen LogP contribution in [-0.4, -0.2) is 10.9 Å². The average molecular weight is 257 g/mol. The van der Waals surface area contributed by atoms with Gasteiger partial charge in [-0.25, -0.2) is 0 Å². The van der Waals surface area contributed by atoms with Crippen molar-refractivity contribution in [3.63, 3.8) is 0 Å². The minimum absolute atomic E-state index is 0.262. The highest BCUT2D eigenvalue weighted by Gasteiger charge is 2.30. The normalized spacial score (nSPS) is 20.8. The summed E-state index contributed by atoms with van der Waals surface area (Å²) >= 11 is 0. The van der Waals surface area contributed by atoms with Crippen molar-refractivity contribution >= 4 is 5.71 Å². The van der Waals surface area contributed by atoms with Gasteiger partial charge in [0.15, 0.2) is 0 Å². The van der Waals surface area contributed by atoms with E-state index in [1.54, 1.807) is 12.1 Å². The van der Waals surface area contributed by atoms with Gasteiger partial charge in [-0.2, -0.15) is 13.2 Å². The molecule has 1 aliphatic rings. The van der Waals surface area contributed by atoms with Crippen molar-refractivity contribution in [3.05, 3.63) is 35.4 Å². The van der Waals surface area contributed by atoms with Crippen molar-refractivity contribution in [2.45, 2.75) is 37.8 Å². The molecule has 0 spiro atoms. The molecule has 0 atom stereocenters. The van der Waals surface area contributed by atoms with Crippen molar-refractivity contribution < 1.29 is 18.4 Å². The van der Waals surface area contributed by atoms with E-state index in [1.165, 1.54) is 0 Å². The van der Waals surface area contributed by atoms with Crippen LogP contribution in [0.1, 0.15) is 42.7 Å². The fourth-order valence-corrected chi connectivity index (χ4v) is 2.33. The number of rotatable bonds is 1. The molecular weight excluding hydrogens is 243 g/mol. The second-order valence-corrected chi connectivity index (χ2v) is 4.56. The fourth-order valence-electron chi connectivity index (χ4n) is 2.33. The molecule has 0 radical (unpaired) electrons. The summed E-state index contributed by atoms with van der Waals surface area (Å²) in [6.07, 6.45) is -1.21. The van der Waals surface area contributed by atoms with Crippen LogP contribution in [0.4, 0.5) is 13.2 Å². The van der Waals surface area contributed by atoms with Crippen LogP contribution in [0.15, 0.2) is 29.4 Å². The van der Waals surface area contributed by atoms with E-state index in [0.717, 1.165) is 36.2 Å². The summed E-state index contributed by atoms with van der Waals surface area (Å²) in [7, 11) is 0. The summed E-state index contributed by atoms with van der Waals surface area (Å²) in [6, 6.07) is 5.36. The van der Waals surface area contributed by atoms with E-state index in [4.69, 9.17) is 5.21 Å². The lowest BCUT2D eigenvalue weighted by molar-refractivity contribution is -0.137. The Kier molecular flexibility index (Phi) is 3.59. The zero-order valence-electron chi connectivity index (χ0n) is 9.74. The molecule has 0 aliphatic heterocycles. The van der Waals surface area contributed by atoms with Gasteiger partial charge < -0.3 is 5.21 Å². The van der Waals surface area contributed by atoms with Gasteiger partial charge in [-0.3, -0.25) is 0 Å². The SMILES string of the molecule is ON=C1CCC(c2ccc(C(F)(F)F)cc2)CC1. The van der Waals surface area contributed by atoms with Gasteiger partial charge in [0.25, 0.3) is 0 Å². The predicted molar refractivity (Wildman–Crippen MR) is 61.9 cm³/mol. The van der Waals surface area contributed by atoms with Gasteiger partial charge in [0.2, 0.25) is 0 Å². The summed E-state index contributed by atoms with van der Waals surface area (Å²) in [5, 5.41) is 11.8. The van der Waals surface area contributed by atoms with Gasteiger partial charge in [0.1, 0.15) is 0 Å². The summed E-state index contributed by atoms with van der Waals surface area (Å²) in [5.41, 5.74) is 1.10. The molecule has 1 saturated carbocycles. The van der Waals surface area contributed by atoms with E-state index >= 15 is 0 Å². The third-order valence-corrected chi connectivity index (χ3v) is 3.41. The van der Waals surface area contributed by atoms with Crippen LogP contribution >= 0.6 is 0 Å². The minimum Gasteiger partial charge on any atom is -0.411 e. The van der Waals surface area contributed by atoms with Crippen LogP contribution in [0.5, 0.6) is 0 Å². The number of oxime groups is 1. The Morgan fingerprint density at radius 3 is 2.06 bits per heavy atom. The first-order chi connectivity index (χ1) is 8.50. The topological polar surface area (TPSA) is 32.6 Å². The Labute approximate surface area is 103 Å². The Morgan fingerprint density at radius 1 is 1.06 bits per heavy atom. The highest BCUT2D eigenvalue weighted by atomic mass is 19.4. The van der Waals surface area contributed by atoms with Gasteiger partial charge in [-0.15, -0.1) is 0 Å². The molecule has 1 aromatic rings. The molecule has 1 aliphatic carbocycles. The molecule has 0 saturated heterocycles. The Balaban J connectivity index is 2.07. The molecule has 2 nitrogen and oxygen atoms in total. The van der Waals surface area contributed by atoms with Crippen molar-refractivity contribution in [1.29, 1.82) is 0 Å². The van der Waals surface area contributed by atoms with Crippen LogP contribution in [0.3, 0.4) is 0 Å². The predicted octanol–water partition coefficient (Wildman–Crippen LogP) is 4.19. The van der Waals surface area contributed by atoms with E-state index in [-0.39, 0.29) is 5.92 Å². The van der Waals surface area contributed by atoms with Crippen molar-refractivity contribution in [2.75, 3.05) is 0 Å². The molecule has 0 aromatic heterocycles. The zero-order chi connectivity index (χ0) is 13.2. The molecule has 1 aromatic carbocycles. The van der Waals surface area contributed by atoms with Crippen molar-refractivity contribution in [3.8, 4) is 0 Å². The highest BCUT2D eigenvalue weighted by molar-refractivity contribution is 5.84. The molecule has 5 heteroatoms. The van der Waals surface area contributed by atoms with Gasteiger partial charge in [0, 0.05) is 0 Å². The Bertz CT molecular complexity index is 427. The third-order valence-electron chi connectivity index (χ3n) is 3.41. The van der Waals surface area contributed by atoms with Crippen LogP contribution < -0.4 is 0 Å². The summed E-state index contributed by atoms with van der Waals surface area (Å²) < 4.78 is 37.2. The third kappa shape index (κ3) is 2.83.